The van der Waals surface area contributed by atoms with Crippen LogP contribution in [0.5, 0.6) is 0 Å². The Balaban J connectivity index is 1.59. The van der Waals surface area contributed by atoms with Crippen LogP contribution >= 0.6 is 0 Å². The summed E-state index contributed by atoms with van der Waals surface area (Å²) in [4.78, 5) is 2.69. The molecule has 1 aliphatic heterocycles. The molecule has 2 nitrogen and oxygen atoms in total. The molecule has 1 saturated carbocycles. The van der Waals surface area contributed by atoms with Gasteiger partial charge in [-0.2, -0.15) is 0 Å². The van der Waals surface area contributed by atoms with Crippen molar-refractivity contribution in [1.82, 2.24) is 10.2 Å². The minimum atomic E-state index is 0.817. The molecule has 19 heavy (non-hydrogen) atoms. The Hall–Kier alpha value is -0.0800. The van der Waals surface area contributed by atoms with Gasteiger partial charge >= 0.3 is 0 Å². The Morgan fingerprint density at radius 1 is 0.895 bits per heavy atom. The molecule has 1 heterocycles. The van der Waals surface area contributed by atoms with Crippen molar-refractivity contribution in [1.29, 1.82) is 0 Å². The number of nitrogens with one attached hydrogen (secondary N) is 1. The van der Waals surface area contributed by atoms with Gasteiger partial charge in [0.25, 0.3) is 0 Å². The van der Waals surface area contributed by atoms with E-state index in [0.29, 0.717) is 0 Å². The molecule has 0 aromatic rings. The molecular weight excluding hydrogens is 232 g/mol. The van der Waals surface area contributed by atoms with Gasteiger partial charge in [-0.1, -0.05) is 39.0 Å². The summed E-state index contributed by atoms with van der Waals surface area (Å²) >= 11 is 0. The van der Waals surface area contributed by atoms with Gasteiger partial charge in [0.15, 0.2) is 0 Å². The maximum absolute atomic E-state index is 3.81. The Bertz CT molecular complexity index is 221. The first kappa shape index (κ1) is 15.3. The van der Waals surface area contributed by atoms with E-state index in [0.717, 1.165) is 12.0 Å². The zero-order valence-electron chi connectivity index (χ0n) is 13.0. The second-order valence-corrected chi connectivity index (χ2v) is 6.69. The highest BCUT2D eigenvalue weighted by Crippen LogP contribution is 2.20. The first-order chi connectivity index (χ1) is 9.38. The zero-order chi connectivity index (χ0) is 13.3. The van der Waals surface area contributed by atoms with Crippen LogP contribution in [0, 0.1) is 5.92 Å². The summed E-state index contributed by atoms with van der Waals surface area (Å²) in [5.74, 6) is 1.000. The van der Waals surface area contributed by atoms with Crippen molar-refractivity contribution >= 4 is 0 Å². The normalized spacial score (nSPS) is 27.9. The van der Waals surface area contributed by atoms with E-state index in [2.05, 4.69) is 17.1 Å². The zero-order valence-corrected chi connectivity index (χ0v) is 13.0. The highest BCUT2D eigenvalue weighted by atomic mass is 15.1. The van der Waals surface area contributed by atoms with Crippen LogP contribution in [0.4, 0.5) is 0 Å². The summed E-state index contributed by atoms with van der Waals surface area (Å²) in [5.41, 5.74) is 0. The van der Waals surface area contributed by atoms with Gasteiger partial charge in [-0.3, -0.25) is 0 Å². The van der Waals surface area contributed by atoms with E-state index in [-0.39, 0.29) is 0 Å². The minimum absolute atomic E-state index is 0.817. The number of nitrogens with zero attached hydrogens (tertiary/aromatic N) is 1. The summed E-state index contributed by atoms with van der Waals surface area (Å²) < 4.78 is 0. The molecule has 0 aromatic carbocycles. The average Bonchev–Trinajstić information content (AvgIpc) is 2.81. The van der Waals surface area contributed by atoms with Crippen molar-refractivity contribution in [3.63, 3.8) is 0 Å². The van der Waals surface area contributed by atoms with Crippen LogP contribution in [0.2, 0.25) is 0 Å². The van der Waals surface area contributed by atoms with Crippen molar-refractivity contribution in [3.05, 3.63) is 0 Å². The van der Waals surface area contributed by atoms with E-state index in [1.807, 2.05) is 0 Å². The smallest absolute Gasteiger partial charge is 0.0107 e. The fourth-order valence-corrected chi connectivity index (χ4v) is 3.77. The third-order valence-corrected chi connectivity index (χ3v) is 5.23. The Morgan fingerprint density at radius 2 is 1.68 bits per heavy atom. The standard InChI is InChI=1S/C17H34N2/c1-2-16-8-7-13-19(14-11-16)15-12-18-17-9-5-3-4-6-10-17/h16-18H,2-15H2,1H3. The summed E-state index contributed by atoms with van der Waals surface area (Å²) in [7, 11) is 0. The van der Waals surface area contributed by atoms with Gasteiger partial charge in [0.2, 0.25) is 0 Å². The van der Waals surface area contributed by atoms with Crippen LogP contribution in [0.15, 0.2) is 0 Å². The highest BCUT2D eigenvalue weighted by Gasteiger charge is 2.16. The van der Waals surface area contributed by atoms with Crippen LogP contribution in [0.3, 0.4) is 0 Å². The molecule has 1 N–H and O–H groups in total. The number of rotatable bonds is 5. The quantitative estimate of drug-likeness (QED) is 0.761. The molecule has 2 aliphatic rings. The lowest BCUT2D eigenvalue weighted by Gasteiger charge is -2.22. The molecular formula is C17H34N2. The Morgan fingerprint density at radius 3 is 2.42 bits per heavy atom. The third kappa shape index (κ3) is 5.83. The molecule has 1 unspecified atom stereocenters. The molecule has 0 bridgehead atoms. The van der Waals surface area contributed by atoms with E-state index >= 15 is 0 Å². The molecule has 2 heteroatoms. The lowest BCUT2D eigenvalue weighted by molar-refractivity contribution is 0.272. The largest absolute Gasteiger partial charge is 0.313 e. The van der Waals surface area contributed by atoms with Crippen molar-refractivity contribution in [2.75, 3.05) is 26.2 Å². The van der Waals surface area contributed by atoms with Crippen LogP contribution in [0.1, 0.15) is 71.1 Å². The predicted molar refractivity (Wildman–Crippen MR) is 83.6 cm³/mol. The first-order valence-electron chi connectivity index (χ1n) is 8.84. The fraction of sp³-hybridized carbons (Fsp3) is 1.00. The Kier molecular flexibility index (Phi) is 7.23. The second-order valence-electron chi connectivity index (χ2n) is 6.69. The highest BCUT2D eigenvalue weighted by molar-refractivity contribution is 4.73. The average molecular weight is 266 g/mol. The van der Waals surface area contributed by atoms with Gasteiger partial charge in [-0.15, -0.1) is 0 Å². The Labute approximate surface area is 120 Å². The molecule has 0 spiro atoms. The maximum atomic E-state index is 3.81. The minimum Gasteiger partial charge on any atom is -0.313 e. The summed E-state index contributed by atoms with van der Waals surface area (Å²) in [6.07, 6.45) is 14.3. The molecule has 1 saturated heterocycles. The lowest BCUT2D eigenvalue weighted by Crippen LogP contribution is -2.37. The van der Waals surface area contributed by atoms with Crippen LogP contribution in [0.25, 0.3) is 0 Å². The molecule has 0 radical (unpaired) electrons. The molecule has 1 atom stereocenters. The van der Waals surface area contributed by atoms with E-state index in [9.17, 15) is 0 Å². The number of hydrogen-bond donors (Lipinski definition) is 1. The van der Waals surface area contributed by atoms with Gasteiger partial charge in [0.05, 0.1) is 0 Å². The molecule has 112 valence electrons. The molecule has 0 amide bonds. The monoisotopic (exact) mass is 266 g/mol. The van der Waals surface area contributed by atoms with Crippen molar-refractivity contribution < 1.29 is 0 Å². The van der Waals surface area contributed by atoms with Gasteiger partial charge < -0.3 is 10.2 Å². The van der Waals surface area contributed by atoms with Crippen LogP contribution in [-0.4, -0.2) is 37.1 Å². The number of hydrogen-bond acceptors (Lipinski definition) is 2. The van der Waals surface area contributed by atoms with Gasteiger partial charge in [-0.25, -0.2) is 0 Å². The summed E-state index contributed by atoms with van der Waals surface area (Å²) in [6.45, 7) is 7.51. The van der Waals surface area contributed by atoms with Crippen molar-refractivity contribution in [2.24, 2.45) is 5.92 Å². The van der Waals surface area contributed by atoms with Crippen LogP contribution < -0.4 is 5.32 Å². The molecule has 1 aliphatic carbocycles. The second kappa shape index (κ2) is 8.97. The topological polar surface area (TPSA) is 15.3 Å². The molecule has 2 fully saturated rings. The van der Waals surface area contributed by atoms with Crippen molar-refractivity contribution in [3.8, 4) is 0 Å². The third-order valence-electron chi connectivity index (χ3n) is 5.23. The van der Waals surface area contributed by atoms with Gasteiger partial charge in [0, 0.05) is 19.1 Å². The van der Waals surface area contributed by atoms with Gasteiger partial charge in [0.1, 0.15) is 0 Å². The SMILES string of the molecule is CCC1CCCN(CCNC2CCCCCC2)CC1. The number of likely N-dealkylation sites (tertiary alicyclic amines) is 1. The van der Waals surface area contributed by atoms with E-state index in [1.54, 1.807) is 0 Å². The first-order valence-corrected chi connectivity index (χ1v) is 8.84. The lowest BCUT2D eigenvalue weighted by atomic mass is 9.98. The summed E-state index contributed by atoms with van der Waals surface area (Å²) in [6, 6.07) is 0.817. The maximum Gasteiger partial charge on any atom is 0.0107 e. The van der Waals surface area contributed by atoms with Crippen LogP contribution in [-0.2, 0) is 0 Å². The summed E-state index contributed by atoms with van der Waals surface area (Å²) in [5, 5.41) is 3.81. The van der Waals surface area contributed by atoms with E-state index in [1.165, 1.54) is 90.4 Å². The van der Waals surface area contributed by atoms with Crippen molar-refractivity contribution in [2.45, 2.75) is 77.2 Å². The van der Waals surface area contributed by atoms with E-state index < -0.39 is 0 Å². The predicted octanol–water partition coefficient (Wildman–Crippen LogP) is 3.81. The molecule has 0 aromatic heterocycles. The molecule has 2 rings (SSSR count). The fourth-order valence-electron chi connectivity index (χ4n) is 3.77. The van der Waals surface area contributed by atoms with Gasteiger partial charge in [-0.05, 0) is 51.1 Å². The van der Waals surface area contributed by atoms with E-state index in [4.69, 9.17) is 0 Å².